The fourth-order valence-corrected chi connectivity index (χ4v) is 3.43. The summed E-state index contributed by atoms with van der Waals surface area (Å²) in [5.41, 5.74) is 3.17. The molecule has 106 valence electrons. The molecule has 0 aliphatic heterocycles. The van der Waals surface area contributed by atoms with E-state index in [9.17, 15) is 8.42 Å². The highest BCUT2D eigenvalue weighted by Crippen LogP contribution is 2.22. The average Bonchev–Trinajstić information content (AvgIpc) is 2.37. The first-order chi connectivity index (χ1) is 9.37. The highest BCUT2D eigenvalue weighted by molar-refractivity contribution is 7.91. The SMILES string of the molecule is Cc1cccc(C)c1NS(=O)(=O)Cc1ccc(Cl)cc1. The van der Waals surface area contributed by atoms with Crippen LogP contribution in [0, 0.1) is 13.8 Å². The van der Waals surface area contributed by atoms with Gasteiger partial charge in [-0.25, -0.2) is 8.42 Å². The predicted molar refractivity (Wildman–Crippen MR) is 83.6 cm³/mol. The molecule has 0 atom stereocenters. The van der Waals surface area contributed by atoms with Gasteiger partial charge in [0, 0.05) is 5.02 Å². The van der Waals surface area contributed by atoms with Crippen LogP contribution in [0.15, 0.2) is 42.5 Å². The van der Waals surface area contributed by atoms with E-state index in [1.54, 1.807) is 24.3 Å². The zero-order valence-electron chi connectivity index (χ0n) is 11.4. The highest BCUT2D eigenvalue weighted by Gasteiger charge is 2.14. The Kier molecular flexibility index (Phi) is 4.35. The molecule has 2 rings (SSSR count). The summed E-state index contributed by atoms with van der Waals surface area (Å²) < 4.78 is 27.1. The molecular weight excluding hydrogens is 294 g/mol. The zero-order valence-corrected chi connectivity index (χ0v) is 12.9. The molecule has 3 nitrogen and oxygen atoms in total. The molecule has 0 aliphatic rings. The van der Waals surface area contributed by atoms with E-state index in [0.29, 0.717) is 16.3 Å². The van der Waals surface area contributed by atoms with Crippen molar-refractivity contribution < 1.29 is 8.42 Å². The molecule has 0 bridgehead atoms. The fraction of sp³-hybridized carbons (Fsp3) is 0.200. The second-order valence-corrected chi connectivity index (χ2v) is 6.91. The number of aryl methyl sites for hydroxylation is 2. The number of benzene rings is 2. The van der Waals surface area contributed by atoms with E-state index < -0.39 is 10.0 Å². The van der Waals surface area contributed by atoms with Crippen molar-refractivity contribution in [3.63, 3.8) is 0 Å². The molecule has 0 saturated heterocycles. The topological polar surface area (TPSA) is 46.2 Å². The summed E-state index contributed by atoms with van der Waals surface area (Å²) in [4.78, 5) is 0. The molecular formula is C15H16ClNO2S. The first kappa shape index (κ1) is 14.9. The minimum atomic E-state index is -3.44. The summed E-state index contributed by atoms with van der Waals surface area (Å²) in [7, 11) is -3.44. The minimum Gasteiger partial charge on any atom is -0.283 e. The van der Waals surface area contributed by atoms with Gasteiger partial charge in [0.2, 0.25) is 10.0 Å². The van der Waals surface area contributed by atoms with Crippen LogP contribution in [0.2, 0.25) is 5.02 Å². The van der Waals surface area contributed by atoms with Crippen molar-refractivity contribution in [3.8, 4) is 0 Å². The van der Waals surface area contributed by atoms with Crippen molar-refractivity contribution in [2.24, 2.45) is 0 Å². The Labute approximate surface area is 124 Å². The van der Waals surface area contributed by atoms with Crippen LogP contribution in [-0.4, -0.2) is 8.42 Å². The maximum atomic E-state index is 12.2. The van der Waals surface area contributed by atoms with Gasteiger partial charge in [-0.2, -0.15) is 0 Å². The number of anilines is 1. The molecule has 0 aliphatic carbocycles. The number of nitrogens with one attached hydrogen (secondary N) is 1. The molecule has 0 radical (unpaired) electrons. The quantitative estimate of drug-likeness (QED) is 0.931. The largest absolute Gasteiger partial charge is 0.283 e. The fourth-order valence-electron chi connectivity index (χ4n) is 1.97. The Bertz CT molecular complexity index is 689. The van der Waals surface area contributed by atoms with Gasteiger partial charge in [0.1, 0.15) is 0 Å². The van der Waals surface area contributed by atoms with E-state index >= 15 is 0 Å². The molecule has 0 heterocycles. The lowest BCUT2D eigenvalue weighted by Gasteiger charge is -2.13. The Morgan fingerprint density at radius 1 is 1.00 bits per heavy atom. The summed E-state index contributed by atoms with van der Waals surface area (Å²) in [6.45, 7) is 3.76. The summed E-state index contributed by atoms with van der Waals surface area (Å²) in [5, 5.41) is 0.592. The minimum absolute atomic E-state index is 0.0715. The van der Waals surface area contributed by atoms with Crippen LogP contribution >= 0.6 is 11.6 Å². The third-order valence-corrected chi connectivity index (χ3v) is 4.49. The normalized spacial score (nSPS) is 11.3. The smallest absolute Gasteiger partial charge is 0.236 e. The second kappa shape index (κ2) is 5.85. The first-order valence-electron chi connectivity index (χ1n) is 6.18. The van der Waals surface area contributed by atoms with Gasteiger partial charge in [0.25, 0.3) is 0 Å². The van der Waals surface area contributed by atoms with Gasteiger partial charge in [-0.05, 0) is 42.7 Å². The van der Waals surface area contributed by atoms with Crippen molar-refractivity contribution in [1.82, 2.24) is 0 Å². The number of hydrogen-bond donors (Lipinski definition) is 1. The predicted octanol–water partition coefficient (Wildman–Crippen LogP) is 3.90. The number of hydrogen-bond acceptors (Lipinski definition) is 2. The maximum absolute atomic E-state index is 12.2. The standard InChI is InChI=1S/C15H16ClNO2S/c1-11-4-3-5-12(2)15(11)17-20(18,19)10-13-6-8-14(16)9-7-13/h3-9,17H,10H2,1-2H3. The van der Waals surface area contributed by atoms with Crippen molar-refractivity contribution in [1.29, 1.82) is 0 Å². The number of halogens is 1. The highest BCUT2D eigenvalue weighted by atomic mass is 35.5. The molecule has 0 aromatic heterocycles. The van der Waals surface area contributed by atoms with E-state index in [-0.39, 0.29) is 5.75 Å². The Balaban J connectivity index is 2.21. The lowest BCUT2D eigenvalue weighted by atomic mass is 10.1. The third-order valence-electron chi connectivity index (χ3n) is 3.01. The van der Waals surface area contributed by atoms with Crippen molar-refractivity contribution >= 4 is 27.3 Å². The average molecular weight is 310 g/mol. The van der Waals surface area contributed by atoms with Gasteiger partial charge < -0.3 is 0 Å². The van der Waals surface area contributed by atoms with Crippen molar-refractivity contribution in [2.45, 2.75) is 19.6 Å². The van der Waals surface area contributed by atoms with Crippen LogP contribution in [0.5, 0.6) is 0 Å². The van der Waals surface area contributed by atoms with Crippen LogP contribution in [0.4, 0.5) is 5.69 Å². The van der Waals surface area contributed by atoms with Crippen molar-refractivity contribution in [3.05, 3.63) is 64.2 Å². The van der Waals surface area contributed by atoms with E-state index in [2.05, 4.69) is 4.72 Å². The summed E-state index contributed by atoms with van der Waals surface area (Å²) >= 11 is 5.79. The van der Waals surface area contributed by atoms with E-state index in [1.807, 2.05) is 32.0 Å². The van der Waals surface area contributed by atoms with Crippen LogP contribution in [-0.2, 0) is 15.8 Å². The van der Waals surface area contributed by atoms with Crippen LogP contribution < -0.4 is 4.72 Å². The maximum Gasteiger partial charge on any atom is 0.236 e. The first-order valence-corrected chi connectivity index (χ1v) is 8.21. The third kappa shape index (κ3) is 3.74. The summed E-state index contributed by atoms with van der Waals surface area (Å²) in [6, 6.07) is 12.5. The van der Waals surface area contributed by atoms with Crippen LogP contribution in [0.3, 0.4) is 0 Å². The van der Waals surface area contributed by atoms with Gasteiger partial charge in [0.15, 0.2) is 0 Å². The summed E-state index contributed by atoms with van der Waals surface area (Å²) in [6.07, 6.45) is 0. The Morgan fingerprint density at radius 2 is 1.55 bits per heavy atom. The molecule has 2 aromatic rings. The van der Waals surface area contributed by atoms with E-state index in [1.165, 1.54) is 0 Å². The van der Waals surface area contributed by atoms with Gasteiger partial charge in [0.05, 0.1) is 11.4 Å². The van der Waals surface area contributed by atoms with E-state index in [4.69, 9.17) is 11.6 Å². The Morgan fingerprint density at radius 3 is 2.10 bits per heavy atom. The molecule has 5 heteroatoms. The van der Waals surface area contributed by atoms with Gasteiger partial charge in [-0.3, -0.25) is 4.72 Å². The lowest BCUT2D eigenvalue weighted by molar-refractivity contribution is 0.600. The monoisotopic (exact) mass is 309 g/mol. The van der Waals surface area contributed by atoms with Gasteiger partial charge >= 0.3 is 0 Å². The molecule has 0 spiro atoms. The molecule has 1 N–H and O–H groups in total. The summed E-state index contributed by atoms with van der Waals surface area (Å²) in [5.74, 6) is -0.0715. The van der Waals surface area contributed by atoms with Gasteiger partial charge in [-0.15, -0.1) is 0 Å². The zero-order chi connectivity index (χ0) is 14.8. The molecule has 0 unspecified atom stereocenters. The number of para-hydroxylation sites is 1. The van der Waals surface area contributed by atoms with Crippen LogP contribution in [0.25, 0.3) is 0 Å². The molecule has 0 saturated carbocycles. The molecule has 2 aromatic carbocycles. The number of rotatable bonds is 4. The van der Waals surface area contributed by atoms with Gasteiger partial charge in [-0.1, -0.05) is 41.9 Å². The Hall–Kier alpha value is -1.52. The second-order valence-electron chi connectivity index (χ2n) is 4.75. The van der Waals surface area contributed by atoms with Crippen molar-refractivity contribution in [2.75, 3.05) is 4.72 Å². The molecule has 0 fully saturated rings. The number of sulfonamides is 1. The van der Waals surface area contributed by atoms with E-state index in [0.717, 1.165) is 11.1 Å². The lowest BCUT2D eigenvalue weighted by Crippen LogP contribution is -2.16. The molecule has 20 heavy (non-hydrogen) atoms. The van der Waals surface area contributed by atoms with Crippen LogP contribution in [0.1, 0.15) is 16.7 Å². The molecule has 0 amide bonds.